The van der Waals surface area contributed by atoms with Crippen molar-refractivity contribution in [3.63, 3.8) is 0 Å². The SMILES string of the molecule is CCOc1ccc(N2C(=O)CC(N(Cc3cccnc3)C(C)=O)C2=O)cc1. The minimum Gasteiger partial charge on any atom is -0.494 e. The number of rotatable bonds is 6. The van der Waals surface area contributed by atoms with Gasteiger partial charge in [-0.3, -0.25) is 19.4 Å². The number of imide groups is 1. The summed E-state index contributed by atoms with van der Waals surface area (Å²) in [5.41, 5.74) is 1.27. The van der Waals surface area contributed by atoms with Crippen molar-refractivity contribution in [2.75, 3.05) is 11.5 Å². The van der Waals surface area contributed by atoms with Crippen LogP contribution in [-0.4, -0.2) is 40.3 Å². The summed E-state index contributed by atoms with van der Waals surface area (Å²) in [5, 5.41) is 0. The van der Waals surface area contributed by atoms with Gasteiger partial charge < -0.3 is 9.64 Å². The molecule has 2 aromatic rings. The van der Waals surface area contributed by atoms with Crippen molar-refractivity contribution in [2.45, 2.75) is 32.9 Å². The fourth-order valence-corrected chi connectivity index (χ4v) is 3.12. The van der Waals surface area contributed by atoms with Crippen LogP contribution in [0.25, 0.3) is 0 Å². The number of nitrogens with zero attached hydrogens (tertiary/aromatic N) is 3. The van der Waals surface area contributed by atoms with Crippen LogP contribution in [0.4, 0.5) is 5.69 Å². The lowest BCUT2D eigenvalue weighted by Crippen LogP contribution is -2.44. The number of aromatic nitrogens is 1. The Bertz CT molecular complexity index is 836. The zero-order valence-electron chi connectivity index (χ0n) is 15.3. The molecule has 1 saturated heterocycles. The van der Waals surface area contributed by atoms with Gasteiger partial charge in [0.2, 0.25) is 11.8 Å². The predicted octanol–water partition coefficient (Wildman–Crippen LogP) is 2.16. The van der Waals surface area contributed by atoms with Crippen molar-refractivity contribution < 1.29 is 19.1 Å². The van der Waals surface area contributed by atoms with Crippen molar-refractivity contribution in [1.82, 2.24) is 9.88 Å². The number of benzene rings is 1. The third kappa shape index (κ3) is 3.97. The Labute approximate surface area is 157 Å². The van der Waals surface area contributed by atoms with E-state index < -0.39 is 11.9 Å². The monoisotopic (exact) mass is 367 g/mol. The van der Waals surface area contributed by atoms with Gasteiger partial charge >= 0.3 is 0 Å². The highest BCUT2D eigenvalue weighted by molar-refractivity contribution is 6.23. The lowest BCUT2D eigenvalue weighted by molar-refractivity contribution is -0.137. The van der Waals surface area contributed by atoms with Crippen LogP contribution in [0.15, 0.2) is 48.8 Å². The molecule has 0 bridgehead atoms. The maximum Gasteiger partial charge on any atom is 0.257 e. The van der Waals surface area contributed by atoms with Gasteiger partial charge in [0.25, 0.3) is 5.91 Å². The van der Waals surface area contributed by atoms with Crippen LogP contribution in [0.5, 0.6) is 5.75 Å². The summed E-state index contributed by atoms with van der Waals surface area (Å²) in [7, 11) is 0. The average Bonchev–Trinajstić information content (AvgIpc) is 2.95. The highest BCUT2D eigenvalue weighted by Gasteiger charge is 2.43. The van der Waals surface area contributed by atoms with Crippen LogP contribution in [0.1, 0.15) is 25.8 Å². The van der Waals surface area contributed by atoms with E-state index in [2.05, 4.69) is 4.98 Å². The first kappa shape index (κ1) is 18.6. The molecule has 0 N–H and O–H groups in total. The lowest BCUT2D eigenvalue weighted by Gasteiger charge is -2.26. The van der Waals surface area contributed by atoms with E-state index in [9.17, 15) is 14.4 Å². The molecule has 1 atom stereocenters. The zero-order valence-corrected chi connectivity index (χ0v) is 15.3. The van der Waals surface area contributed by atoms with Crippen LogP contribution in [-0.2, 0) is 20.9 Å². The van der Waals surface area contributed by atoms with Crippen molar-refractivity contribution in [2.24, 2.45) is 0 Å². The van der Waals surface area contributed by atoms with Gasteiger partial charge in [0.1, 0.15) is 11.8 Å². The van der Waals surface area contributed by atoms with Crippen molar-refractivity contribution in [3.05, 3.63) is 54.4 Å². The maximum atomic E-state index is 12.9. The highest BCUT2D eigenvalue weighted by atomic mass is 16.5. The Morgan fingerprint density at radius 2 is 2.00 bits per heavy atom. The van der Waals surface area contributed by atoms with E-state index in [4.69, 9.17) is 4.74 Å². The predicted molar refractivity (Wildman–Crippen MR) is 99.0 cm³/mol. The van der Waals surface area contributed by atoms with E-state index in [0.717, 1.165) is 10.5 Å². The average molecular weight is 367 g/mol. The van der Waals surface area contributed by atoms with E-state index in [1.54, 1.807) is 42.7 Å². The first-order valence-corrected chi connectivity index (χ1v) is 8.77. The molecule has 2 heterocycles. The summed E-state index contributed by atoms with van der Waals surface area (Å²) in [4.78, 5) is 44.2. The fourth-order valence-electron chi connectivity index (χ4n) is 3.12. The van der Waals surface area contributed by atoms with E-state index in [-0.39, 0.29) is 24.8 Å². The summed E-state index contributed by atoms with van der Waals surface area (Å²) >= 11 is 0. The molecule has 1 unspecified atom stereocenters. The van der Waals surface area contributed by atoms with Gasteiger partial charge in [-0.1, -0.05) is 6.07 Å². The molecule has 0 aliphatic carbocycles. The maximum absolute atomic E-state index is 12.9. The van der Waals surface area contributed by atoms with E-state index >= 15 is 0 Å². The standard InChI is InChI=1S/C20H21N3O4/c1-3-27-17-8-6-16(7-9-17)23-19(25)11-18(20(23)26)22(14(2)24)13-15-5-4-10-21-12-15/h4-10,12,18H,3,11,13H2,1-2H3. The summed E-state index contributed by atoms with van der Waals surface area (Å²) in [5.74, 6) is -0.327. The molecular weight excluding hydrogens is 346 g/mol. The van der Waals surface area contributed by atoms with Crippen LogP contribution in [0.3, 0.4) is 0 Å². The Kier molecular flexibility index (Phi) is 5.49. The van der Waals surface area contributed by atoms with Gasteiger partial charge in [-0.2, -0.15) is 0 Å². The van der Waals surface area contributed by atoms with Crippen LogP contribution in [0, 0.1) is 0 Å². The molecule has 3 amide bonds. The minimum absolute atomic E-state index is 0.0358. The van der Waals surface area contributed by atoms with E-state index in [0.29, 0.717) is 18.0 Å². The molecule has 7 heteroatoms. The molecule has 0 saturated carbocycles. The van der Waals surface area contributed by atoms with Gasteiger partial charge in [-0.25, -0.2) is 4.90 Å². The number of ether oxygens (including phenoxy) is 1. The zero-order chi connectivity index (χ0) is 19.4. The van der Waals surface area contributed by atoms with Gasteiger partial charge in [-0.05, 0) is 42.8 Å². The van der Waals surface area contributed by atoms with Crippen LogP contribution >= 0.6 is 0 Å². The second kappa shape index (κ2) is 7.99. The largest absolute Gasteiger partial charge is 0.494 e. The summed E-state index contributed by atoms with van der Waals surface area (Å²) in [6.07, 6.45) is 3.24. The first-order chi connectivity index (χ1) is 13.0. The first-order valence-electron chi connectivity index (χ1n) is 8.77. The molecule has 0 spiro atoms. The number of pyridine rings is 1. The van der Waals surface area contributed by atoms with E-state index in [1.165, 1.54) is 11.8 Å². The fraction of sp³-hybridized carbons (Fsp3) is 0.300. The third-order valence-corrected chi connectivity index (χ3v) is 4.39. The number of carbonyl (C=O) groups excluding carboxylic acids is 3. The molecule has 1 aliphatic rings. The van der Waals surface area contributed by atoms with Crippen LogP contribution in [0.2, 0.25) is 0 Å². The number of amides is 3. The number of hydrogen-bond acceptors (Lipinski definition) is 5. The Morgan fingerprint density at radius 1 is 1.26 bits per heavy atom. The van der Waals surface area contributed by atoms with Crippen molar-refractivity contribution in [3.8, 4) is 5.75 Å². The molecule has 27 heavy (non-hydrogen) atoms. The molecular formula is C20H21N3O4. The molecule has 1 aromatic carbocycles. The lowest BCUT2D eigenvalue weighted by atomic mass is 10.1. The molecule has 3 rings (SSSR count). The molecule has 0 radical (unpaired) electrons. The normalized spacial score (nSPS) is 16.5. The molecule has 1 aromatic heterocycles. The molecule has 1 aliphatic heterocycles. The number of anilines is 1. The van der Waals surface area contributed by atoms with Crippen LogP contribution < -0.4 is 9.64 Å². The summed E-state index contributed by atoms with van der Waals surface area (Å²) in [6.45, 7) is 4.03. The molecule has 1 fully saturated rings. The number of carbonyl (C=O) groups is 3. The van der Waals surface area contributed by atoms with Gasteiger partial charge in [0, 0.05) is 25.9 Å². The number of hydrogen-bond donors (Lipinski definition) is 0. The summed E-state index contributed by atoms with van der Waals surface area (Å²) in [6, 6.07) is 9.54. The Hall–Kier alpha value is -3.22. The highest BCUT2D eigenvalue weighted by Crippen LogP contribution is 2.28. The quantitative estimate of drug-likeness (QED) is 0.731. The Balaban J connectivity index is 1.82. The van der Waals surface area contributed by atoms with Gasteiger partial charge in [0.15, 0.2) is 0 Å². The topological polar surface area (TPSA) is 79.8 Å². The molecule has 140 valence electrons. The minimum atomic E-state index is -0.818. The van der Waals surface area contributed by atoms with Gasteiger partial charge in [0.05, 0.1) is 18.7 Å². The second-order valence-corrected chi connectivity index (χ2v) is 6.22. The van der Waals surface area contributed by atoms with Crippen molar-refractivity contribution >= 4 is 23.4 Å². The van der Waals surface area contributed by atoms with Gasteiger partial charge in [-0.15, -0.1) is 0 Å². The Morgan fingerprint density at radius 3 is 2.59 bits per heavy atom. The second-order valence-electron chi connectivity index (χ2n) is 6.22. The molecule has 7 nitrogen and oxygen atoms in total. The third-order valence-electron chi connectivity index (χ3n) is 4.39. The smallest absolute Gasteiger partial charge is 0.257 e. The van der Waals surface area contributed by atoms with Crippen molar-refractivity contribution in [1.29, 1.82) is 0 Å². The summed E-state index contributed by atoms with van der Waals surface area (Å²) < 4.78 is 5.39. The van der Waals surface area contributed by atoms with E-state index in [1.807, 2.05) is 13.0 Å².